The lowest BCUT2D eigenvalue weighted by molar-refractivity contribution is 0.282. The van der Waals surface area contributed by atoms with Gasteiger partial charge in [-0.25, -0.2) is 0 Å². The molecule has 3 rings (SSSR count). The first-order valence-corrected chi connectivity index (χ1v) is 7.04. The van der Waals surface area contributed by atoms with Gasteiger partial charge in [-0.2, -0.15) is 8.75 Å². The van der Waals surface area contributed by atoms with Crippen LogP contribution >= 0.6 is 11.7 Å². The molecule has 0 aromatic carbocycles. The second kappa shape index (κ2) is 4.41. The normalized spacial score (nSPS) is 34.4. The lowest BCUT2D eigenvalue weighted by Gasteiger charge is -2.25. The van der Waals surface area contributed by atoms with Gasteiger partial charge in [-0.05, 0) is 50.5 Å². The predicted octanol–water partition coefficient (Wildman–Crippen LogP) is 2.62. The van der Waals surface area contributed by atoms with Crippen LogP contribution in [-0.4, -0.2) is 15.8 Å². The van der Waals surface area contributed by atoms with Crippen molar-refractivity contribution in [2.45, 2.75) is 38.1 Å². The molecule has 0 amide bonds. The van der Waals surface area contributed by atoms with Gasteiger partial charge in [0.25, 0.3) is 0 Å². The van der Waals surface area contributed by atoms with Crippen LogP contribution in [0.1, 0.15) is 43.8 Å². The van der Waals surface area contributed by atoms with Gasteiger partial charge < -0.3 is 5.32 Å². The van der Waals surface area contributed by atoms with Crippen LogP contribution in [0.25, 0.3) is 0 Å². The van der Waals surface area contributed by atoms with E-state index < -0.39 is 0 Å². The molecule has 0 spiro atoms. The molecule has 1 aromatic heterocycles. The average molecular weight is 237 g/mol. The molecule has 1 aromatic rings. The molecule has 2 aliphatic carbocycles. The summed E-state index contributed by atoms with van der Waals surface area (Å²) in [6.45, 7) is 0. The van der Waals surface area contributed by atoms with E-state index in [1.165, 1.54) is 43.8 Å². The molecule has 0 radical (unpaired) electrons. The molecule has 16 heavy (non-hydrogen) atoms. The maximum Gasteiger partial charge on any atom is 0.0912 e. The summed E-state index contributed by atoms with van der Waals surface area (Å²) in [5.41, 5.74) is 1.13. The largest absolute Gasteiger partial charge is 0.312 e. The maximum absolute atomic E-state index is 4.36. The van der Waals surface area contributed by atoms with Crippen molar-refractivity contribution in [3.8, 4) is 0 Å². The van der Waals surface area contributed by atoms with Crippen LogP contribution in [0.15, 0.2) is 6.20 Å². The smallest absolute Gasteiger partial charge is 0.0912 e. The van der Waals surface area contributed by atoms with Crippen molar-refractivity contribution in [3.63, 3.8) is 0 Å². The summed E-state index contributed by atoms with van der Waals surface area (Å²) < 4.78 is 8.46. The second-order valence-corrected chi connectivity index (χ2v) is 5.90. The summed E-state index contributed by atoms with van der Waals surface area (Å²) in [7, 11) is 2.04. The van der Waals surface area contributed by atoms with E-state index in [9.17, 15) is 0 Å². The van der Waals surface area contributed by atoms with Crippen molar-refractivity contribution in [1.29, 1.82) is 0 Å². The number of aromatic nitrogens is 2. The molecule has 1 N–H and O–H groups in total. The number of rotatable bonds is 4. The third-order valence-corrected chi connectivity index (χ3v) is 5.00. The van der Waals surface area contributed by atoms with E-state index in [0.717, 1.165) is 23.4 Å². The van der Waals surface area contributed by atoms with Gasteiger partial charge in [-0.15, -0.1) is 0 Å². The Morgan fingerprint density at radius 1 is 1.50 bits per heavy atom. The van der Waals surface area contributed by atoms with Crippen molar-refractivity contribution in [3.05, 3.63) is 11.9 Å². The fourth-order valence-corrected chi connectivity index (χ4v) is 4.15. The Bertz CT molecular complexity index is 338. The van der Waals surface area contributed by atoms with Crippen LogP contribution in [0.4, 0.5) is 0 Å². The van der Waals surface area contributed by atoms with Gasteiger partial charge in [0.2, 0.25) is 0 Å². The van der Waals surface area contributed by atoms with Crippen LogP contribution in [0, 0.1) is 17.8 Å². The Morgan fingerprint density at radius 2 is 2.44 bits per heavy atom. The van der Waals surface area contributed by atoms with E-state index in [2.05, 4.69) is 14.1 Å². The minimum atomic E-state index is 0.420. The zero-order chi connectivity index (χ0) is 11.0. The number of hydrogen-bond acceptors (Lipinski definition) is 4. The Balaban J connectivity index is 1.65. The molecule has 4 atom stereocenters. The molecule has 4 heteroatoms. The van der Waals surface area contributed by atoms with E-state index in [4.69, 9.17) is 0 Å². The summed E-state index contributed by atoms with van der Waals surface area (Å²) in [6, 6.07) is 0.420. The molecule has 0 saturated heterocycles. The third-order valence-electron chi connectivity index (χ3n) is 4.51. The van der Waals surface area contributed by atoms with Gasteiger partial charge in [0.1, 0.15) is 0 Å². The van der Waals surface area contributed by atoms with Crippen LogP contribution in [0.2, 0.25) is 0 Å². The Kier molecular flexibility index (Phi) is 2.94. The molecule has 2 aliphatic rings. The molecule has 2 saturated carbocycles. The van der Waals surface area contributed by atoms with Gasteiger partial charge in [-0.3, -0.25) is 0 Å². The topological polar surface area (TPSA) is 37.8 Å². The Hall–Kier alpha value is -0.480. The minimum absolute atomic E-state index is 0.420. The van der Waals surface area contributed by atoms with Crippen LogP contribution in [0.5, 0.6) is 0 Å². The van der Waals surface area contributed by atoms with E-state index in [1.807, 2.05) is 13.2 Å². The highest BCUT2D eigenvalue weighted by atomic mass is 32.1. The van der Waals surface area contributed by atoms with Gasteiger partial charge in [0.05, 0.1) is 29.7 Å². The second-order valence-electron chi connectivity index (χ2n) is 5.34. The van der Waals surface area contributed by atoms with Gasteiger partial charge >= 0.3 is 0 Å². The molecular weight excluding hydrogens is 218 g/mol. The number of fused-ring (bicyclic) bond motifs is 2. The molecule has 0 aliphatic heterocycles. The molecule has 2 fully saturated rings. The van der Waals surface area contributed by atoms with E-state index in [-0.39, 0.29) is 0 Å². The molecule has 3 nitrogen and oxygen atoms in total. The fourth-order valence-electron chi connectivity index (χ4n) is 3.68. The lowest BCUT2D eigenvalue weighted by atomic mass is 9.84. The summed E-state index contributed by atoms with van der Waals surface area (Å²) in [5.74, 6) is 2.98. The van der Waals surface area contributed by atoms with Crippen LogP contribution in [0.3, 0.4) is 0 Å². The van der Waals surface area contributed by atoms with Crippen molar-refractivity contribution >= 4 is 11.7 Å². The van der Waals surface area contributed by atoms with Crippen LogP contribution < -0.4 is 5.32 Å². The standard InChI is InChI=1S/C12H19N3S/c1-13-11(12-7-14-16-15-12)6-10-5-8-2-3-9(10)4-8/h7-11,13H,2-6H2,1H3. The molecule has 4 unspecified atom stereocenters. The quantitative estimate of drug-likeness (QED) is 0.874. The first kappa shape index (κ1) is 10.7. The van der Waals surface area contributed by atoms with Crippen molar-refractivity contribution in [2.75, 3.05) is 7.05 Å². The Labute approximate surface area is 101 Å². The number of hydrogen-bond donors (Lipinski definition) is 1. The van der Waals surface area contributed by atoms with Crippen molar-refractivity contribution in [1.82, 2.24) is 14.1 Å². The zero-order valence-corrected chi connectivity index (χ0v) is 10.5. The van der Waals surface area contributed by atoms with Crippen molar-refractivity contribution < 1.29 is 0 Å². The first-order chi connectivity index (χ1) is 7.86. The number of nitrogens with one attached hydrogen (secondary N) is 1. The highest BCUT2D eigenvalue weighted by Crippen LogP contribution is 2.50. The van der Waals surface area contributed by atoms with Gasteiger partial charge in [-0.1, -0.05) is 6.42 Å². The fraction of sp³-hybridized carbons (Fsp3) is 0.833. The average Bonchev–Trinajstić information content (AvgIpc) is 3.01. The molecule has 88 valence electrons. The van der Waals surface area contributed by atoms with Gasteiger partial charge in [0, 0.05) is 0 Å². The summed E-state index contributed by atoms with van der Waals surface area (Å²) in [6.07, 6.45) is 9.09. The highest BCUT2D eigenvalue weighted by Gasteiger charge is 2.40. The third kappa shape index (κ3) is 1.89. The highest BCUT2D eigenvalue weighted by molar-refractivity contribution is 6.99. The predicted molar refractivity (Wildman–Crippen MR) is 65.3 cm³/mol. The Morgan fingerprint density at radius 3 is 3.00 bits per heavy atom. The van der Waals surface area contributed by atoms with Crippen LogP contribution in [-0.2, 0) is 0 Å². The van der Waals surface area contributed by atoms with Crippen molar-refractivity contribution in [2.24, 2.45) is 17.8 Å². The summed E-state index contributed by atoms with van der Waals surface area (Å²) in [4.78, 5) is 0. The molecule has 1 heterocycles. The summed E-state index contributed by atoms with van der Waals surface area (Å²) in [5, 5.41) is 3.39. The minimum Gasteiger partial charge on any atom is -0.312 e. The number of nitrogens with zero attached hydrogens (tertiary/aromatic N) is 2. The van der Waals surface area contributed by atoms with E-state index in [1.54, 1.807) is 0 Å². The van der Waals surface area contributed by atoms with E-state index in [0.29, 0.717) is 6.04 Å². The van der Waals surface area contributed by atoms with Gasteiger partial charge in [0.15, 0.2) is 0 Å². The zero-order valence-electron chi connectivity index (χ0n) is 9.72. The lowest BCUT2D eigenvalue weighted by Crippen LogP contribution is -2.22. The summed E-state index contributed by atoms with van der Waals surface area (Å²) >= 11 is 1.32. The van der Waals surface area contributed by atoms with E-state index >= 15 is 0 Å². The molecular formula is C12H19N3S. The maximum atomic E-state index is 4.36. The SMILES string of the molecule is CNC(CC1CC2CCC1C2)c1cnsn1. The first-order valence-electron chi connectivity index (χ1n) is 6.31. The molecule has 2 bridgehead atoms. The monoisotopic (exact) mass is 237 g/mol.